The first-order valence-corrected chi connectivity index (χ1v) is 4.38. The Balaban J connectivity index is 2.51. The van der Waals surface area contributed by atoms with Crippen LogP contribution in [-0.4, -0.2) is 31.9 Å². The molecule has 0 aliphatic rings. The molecule has 3 N–H and O–H groups in total. The molecule has 1 heterocycles. The first-order valence-electron chi connectivity index (χ1n) is 4.38. The summed E-state index contributed by atoms with van der Waals surface area (Å²) in [5.41, 5.74) is -0.897. The summed E-state index contributed by atoms with van der Waals surface area (Å²) in [5.74, 6) is 0.741. The molecule has 0 saturated carbocycles. The van der Waals surface area contributed by atoms with Crippen LogP contribution in [0, 0.1) is 0 Å². The summed E-state index contributed by atoms with van der Waals surface area (Å²) >= 11 is 0. The number of aliphatic hydroxyl groups excluding tert-OH is 1. The van der Waals surface area contributed by atoms with E-state index < -0.39 is 11.7 Å². The van der Waals surface area contributed by atoms with Crippen LogP contribution in [0.4, 0.5) is 0 Å². The molecular formula is C9H16N2O2. The molecule has 0 radical (unpaired) electrons. The zero-order valence-electron chi connectivity index (χ0n) is 7.99. The van der Waals surface area contributed by atoms with Gasteiger partial charge in [0.1, 0.15) is 5.82 Å². The van der Waals surface area contributed by atoms with E-state index in [9.17, 15) is 5.11 Å². The summed E-state index contributed by atoms with van der Waals surface area (Å²) in [5, 5.41) is 19.0. The largest absolute Gasteiger partial charge is 0.393 e. The van der Waals surface area contributed by atoms with Crippen molar-refractivity contribution in [3.8, 4) is 0 Å². The lowest BCUT2D eigenvalue weighted by Gasteiger charge is -2.23. The van der Waals surface area contributed by atoms with Crippen LogP contribution in [0.3, 0.4) is 0 Å². The molecule has 0 amide bonds. The highest BCUT2D eigenvalue weighted by molar-refractivity contribution is 4.94. The number of imidazole rings is 1. The van der Waals surface area contributed by atoms with Crippen molar-refractivity contribution < 1.29 is 10.2 Å². The maximum Gasteiger partial charge on any atom is 0.108 e. The maximum atomic E-state index is 9.84. The number of nitrogens with one attached hydrogen (secondary N) is 1. The van der Waals surface area contributed by atoms with Gasteiger partial charge < -0.3 is 15.2 Å². The first kappa shape index (κ1) is 10.2. The molecule has 0 spiro atoms. The summed E-state index contributed by atoms with van der Waals surface area (Å²) in [6.45, 7) is 3.36. The lowest BCUT2D eigenvalue weighted by atomic mass is 9.95. The topological polar surface area (TPSA) is 69.1 Å². The standard InChI is InChI=1S/C9H16N2O2/c1-7(12)5-9(2,13)6-8-10-3-4-11-8/h3-4,7,12-13H,5-6H2,1-2H3,(H,10,11). The predicted octanol–water partition coefficient (Wildman–Crippen LogP) is 0.474. The zero-order valence-corrected chi connectivity index (χ0v) is 7.99. The fourth-order valence-corrected chi connectivity index (χ4v) is 1.46. The van der Waals surface area contributed by atoms with Crippen molar-refractivity contribution in [2.45, 2.75) is 38.4 Å². The molecule has 0 aromatic carbocycles. The van der Waals surface area contributed by atoms with E-state index in [4.69, 9.17) is 5.11 Å². The zero-order chi connectivity index (χ0) is 9.90. The van der Waals surface area contributed by atoms with Crippen LogP contribution in [0.1, 0.15) is 26.1 Å². The second-order valence-corrected chi connectivity index (χ2v) is 3.76. The molecule has 0 saturated heterocycles. The van der Waals surface area contributed by atoms with Crippen molar-refractivity contribution in [2.75, 3.05) is 0 Å². The van der Waals surface area contributed by atoms with Crippen molar-refractivity contribution >= 4 is 0 Å². The number of hydrogen-bond acceptors (Lipinski definition) is 3. The summed E-state index contributed by atoms with van der Waals surface area (Å²) in [4.78, 5) is 6.93. The van der Waals surface area contributed by atoms with Crippen LogP contribution >= 0.6 is 0 Å². The molecule has 2 unspecified atom stereocenters. The van der Waals surface area contributed by atoms with E-state index in [-0.39, 0.29) is 0 Å². The monoisotopic (exact) mass is 184 g/mol. The number of hydrogen-bond donors (Lipinski definition) is 3. The highest BCUT2D eigenvalue weighted by atomic mass is 16.3. The van der Waals surface area contributed by atoms with Gasteiger partial charge in [0, 0.05) is 25.2 Å². The van der Waals surface area contributed by atoms with Crippen LogP contribution < -0.4 is 0 Å². The Morgan fingerprint density at radius 1 is 1.69 bits per heavy atom. The molecule has 4 nitrogen and oxygen atoms in total. The second-order valence-electron chi connectivity index (χ2n) is 3.76. The molecule has 74 valence electrons. The molecule has 13 heavy (non-hydrogen) atoms. The number of H-pyrrole nitrogens is 1. The molecule has 0 fully saturated rings. The van der Waals surface area contributed by atoms with Gasteiger partial charge in [0.15, 0.2) is 0 Å². The molecular weight excluding hydrogens is 168 g/mol. The average molecular weight is 184 g/mol. The van der Waals surface area contributed by atoms with Gasteiger partial charge in [-0.05, 0) is 13.8 Å². The van der Waals surface area contributed by atoms with Gasteiger partial charge in [-0.1, -0.05) is 0 Å². The number of aromatic nitrogens is 2. The molecule has 1 aromatic rings. The number of aliphatic hydroxyl groups is 2. The summed E-state index contributed by atoms with van der Waals surface area (Å²) < 4.78 is 0. The molecule has 1 aromatic heterocycles. The van der Waals surface area contributed by atoms with Gasteiger partial charge in [0.05, 0.1) is 11.7 Å². The fourth-order valence-electron chi connectivity index (χ4n) is 1.46. The average Bonchev–Trinajstić information content (AvgIpc) is 2.34. The van der Waals surface area contributed by atoms with Gasteiger partial charge in [-0.15, -0.1) is 0 Å². The van der Waals surface area contributed by atoms with Crippen LogP contribution in [0.5, 0.6) is 0 Å². The van der Waals surface area contributed by atoms with Gasteiger partial charge in [-0.25, -0.2) is 4.98 Å². The smallest absolute Gasteiger partial charge is 0.108 e. The molecule has 1 rings (SSSR count). The molecule has 0 aliphatic carbocycles. The summed E-state index contributed by atoms with van der Waals surface area (Å²) in [7, 11) is 0. The van der Waals surface area contributed by atoms with E-state index in [2.05, 4.69) is 9.97 Å². The molecule has 0 aliphatic heterocycles. The van der Waals surface area contributed by atoms with E-state index in [1.165, 1.54) is 0 Å². The van der Waals surface area contributed by atoms with Crippen molar-refractivity contribution in [2.24, 2.45) is 0 Å². The van der Waals surface area contributed by atoms with Crippen LogP contribution in [0.15, 0.2) is 12.4 Å². The second kappa shape index (κ2) is 3.89. The Morgan fingerprint density at radius 2 is 2.38 bits per heavy atom. The third-order valence-corrected chi connectivity index (χ3v) is 1.84. The third-order valence-electron chi connectivity index (χ3n) is 1.84. The van der Waals surface area contributed by atoms with Crippen molar-refractivity contribution in [3.63, 3.8) is 0 Å². The molecule has 4 heteroatoms. The van der Waals surface area contributed by atoms with E-state index in [0.29, 0.717) is 12.8 Å². The fraction of sp³-hybridized carbons (Fsp3) is 0.667. The normalized spacial score (nSPS) is 18.2. The van der Waals surface area contributed by atoms with E-state index in [1.807, 2.05) is 0 Å². The Hall–Kier alpha value is -0.870. The van der Waals surface area contributed by atoms with Crippen LogP contribution in [0.25, 0.3) is 0 Å². The number of nitrogens with zero attached hydrogens (tertiary/aromatic N) is 1. The molecule has 2 atom stereocenters. The third kappa shape index (κ3) is 3.57. The molecule has 0 bridgehead atoms. The predicted molar refractivity (Wildman–Crippen MR) is 49.2 cm³/mol. The Morgan fingerprint density at radius 3 is 2.85 bits per heavy atom. The Kier molecular flexibility index (Phi) is 3.06. The van der Waals surface area contributed by atoms with E-state index >= 15 is 0 Å². The summed E-state index contributed by atoms with van der Waals surface area (Å²) in [6.07, 6.45) is 3.66. The Bertz CT molecular complexity index is 242. The minimum absolute atomic E-state index is 0.355. The van der Waals surface area contributed by atoms with Crippen molar-refractivity contribution in [3.05, 3.63) is 18.2 Å². The van der Waals surface area contributed by atoms with Gasteiger partial charge in [0.2, 0.25) is 0 Å². The van der Waals surface area contributed by atoms with Crippen molar-refractivity contribution in [1.82, 2.24) is 9.97 Å². The van der Waals surface area contributed by atoms with Crippen molar-refractivity contribution in [1.29, 1.82) is 0 Å². The van der Waals surface area contributed by atoms with Crippen LogP contribution in [-0.2, 0) is 6.42 Å². The lowest BCUT2D eigenvalue weighted by Crippen LogP contribution is -2.31. The maximum absolute atomic E-state index is 9.84. The number of rotatable bonds is 4. The van der Waals surface area contributed by atoms with Crippen LogP contribution in [0.2, 0.25) is 0 Å². The summed E-state index contributed by atoms with van der Waals surface area (Å²) in [6, 6.07) is 0. The first-order chi connectivity index (χ1) is 5.99. The lowest BCUT2D eigenvalue weighted by molar-refractivity contribution is 0.00853. The highest BCUT2D eigenvalue weighted by Crippen LogP contribution is 2.16. The minimum Gasteiger partial charge on any atom is -0.393 e. The Labute approximate surface area is 77.6 Å². The minimum atomic E-state index is -0.897. The van der Waals surface area contributed by atoms with Gasteiger partial charge in [0.25, 0.3) is 0 Å². The van der Waals surface area contributed by atoms with E-state index in [1.54, 1.807) is 26.2 Å². The SMILES string of the molecule is CC(O)CC(C)(O)Cc1ncc[nH]1. The van der Waals surface area contributed by atoms with Gasteiger partial charge in [-0.3, -0.25) is 0 Å². The van der Waals surface area contributed by atoms with E-state index in [0.717, 1.165) is 5.82 Å². The quantitative estimate of drug-likeness (QED) is 0.637. The number of aromatic amines is 1. The van der Waals surface area contributed by atoms with Gasteiger partial charge >= 0.3 is 0 Å². The highest BCUT2D eigenvalue weighted by Gasteiger charge is 2.23. The van der Waals surface area contributed by atoms with Gasteiger partial charge in [-0.2, -0.15) is 0 Å².